The first kappa shape index (κ1) is 24.8. The second-order valence-corrected chi connectivity index (χ2v) is 8.24. The molecule has 0 aliphatic carbocycles. The predicted molar refractivity (Wildman–Crippen MR) is 122 cm³/mol. The molecular formula is C23H21ClF4N4O3. The van der Waals surface area contributed by atoms with Crippen molar-refractivity contribution < 1.29 is 31.8 Å². The number of carbonyl (C=O) groups excluding carboxylic acids is 1. The first-order valence-corrected chi connectivity index (χ1v) is 11.2. The van der Waals surface area contributed by atoms with Gasteiger partial charge in [-0.15, -0.1) is 0 Å². The van der Waals surface area contributed by atoms with Gasteiger partial charge in [-0.1, -0.05) is 11.6 Å². The number of carbonyl (C=O) groups is 1. The van der Waals surface area contributed by atoms with Gasteiger partial charge in [0, 0.05) is 43.1 Å². The summed E-state index contributed by atoms with van der Waals surface area (Å²) >= 11 is 5.87. The lowest BCUT2D eigenvalue weighted by molar-refractivity contribution is -0.187. The van der Waals surface area contributed by atoms with E-state index in [2.05, 4.69) is 15.3 Å². The number of ether oxygens (including phenoxy) is 2. The number of nitrogens with one attached hydrogen (secondary N) is 1. The normalized spacial score (nSPS) is 14.7. The number of anilines is 2. The minimum absolute atomic E-state index is 0.0497. The summed E-state index contributed by atoms with van der Waals surface area (Å²) in [5, 5.41) is 3.61. The summed E-state index contributed by atoms with van der Waals surface area (Å²) < 4.78 is 63.5. The summed E-state index contributed by atoms with van der Waals surface area (Å²) in [6, 6.07) is 7.53. The van der Waals surface area contributed by atoms with Crippen LogP contribution >= 0.6 is 11.6 Å². The number of hydrogen-bond donors (Lipinski definition) is 1. The third-order valence-electron chi connectivity index (χ3n) is 5.45. The van der Waals surface area contributed by atoms with Gasteiger partial charge < -0.3 is 19.7 Å². The van der Waals surface area contributed by atoms with E-state index in [0.717, 1.165) is 4.90 Å². The Labute approximate surface area is 203 Å². The average Bonchev–Trinajstić information content (AvgIpc) is 2.82. The Bertz CT molecular complexity index is 1230. The topological polar surface area (TPSA) is 76.6 Å². The van der Waals surface area contributed by atoms with Crippen LogP contribution < -0.4 is 14.8 Å². The van der Waals surface area contributed by atoms with E-state index in [1.807, 2.05) is 0 Å². The molecule has 186 valence electrons. The molecule has 1 aliphatic heterocycles. The van der Waals surface area contributed by atoms with Gasteiger partial charge in [0.1, 0.15) is 24.1 Å². The van der Waals surface area contributed by atoms with Gasteiger partial charge in [0.2, 0.25) is 0 Å². The second kappa shape index (κ2) is 10.1. The molecule has 4 rings (SSSR count). The molecule has 12 heteroatoms. The molecule has 1 amide bonds. The Balaban J connectivity index is 1.58. The molecule has 35 heavy (non-hydrogen) atoms. The van der Waals surface area contributed by atoms with Crippen molar-refractivity contribution in [3.8, 4) is 11.5 Å². The molecule has 0 saturated carbocycles. The van der Waals surface area contributed by atoms with Crippen LogP contribution in [0.5, 0.6) is 11.5 Å². The standard InChI is InChI=1S/C23H21ClF4N4O3/c1-2-34-19-11-18-15(21(30-12-29-18)31-13-3-4-17(25)16(24)9-13)10-20(19)35-14-5-7-32(8-6-14)22(33)23(26,27)28/h3-4,9-12,14H,2,5-8H2,1H3,(H,29,30,31). The van der Waals surface area contributed by atoms with Gasteiger partial charge >= 0.3 is 12.1 Å². The molecule has 0 radical (unpaired) electrons. The van der Waals surface area contributed by atoms with Crippen molar-refractivity contribution in [2.75, 3.05) is 25.0 Å². The maximum Gasteiger partial charge on any atom is 0.471 e. The highest BCUT2D eigenvalue weighted by Crippen LogP contribution is 2.37. The third kappa shape index (κ3) is 5.67. The molecule has 1 aliphatic rings. The zero-order chi connectivity index (χ0) is 25.2. The molecule has 0 bridgehead atoms. The number of hydrogen-bond acceptors (Lipinski definition) is 6. The summed E-state index contributed by atoms with van der Waals surface area (Å²) in [4.78, 5) is 20.8. The van der Waals surface area contributed by atoms with Crippen LogP contribution in [0.2, 0.25) is 5.02 Å². The molecule has 1 fully saturated rings. The number of halogens is 5. The molecule has 7 nitrogen and oxygen atoms in total. The monoisotopic (exact) mass is 512 g/mol. The molecular weight excluding hydrogens is 492 g/mol. The number of rotatable bonds is 6. The van der Waals surface area contributed by atoms with E-state index in [1.165, 1.54) is 24.5 Å². The quantitative estimate of drug-likeness (QED) is 0.440. The highest BCUT2D eigenvalue weighted by molar-refractivity contribution is 6.31. The summed E-state index contributed by atoms with van der Waals surface area (Å²) in [6.07, 6.45) is -3.49. The second-order valence-electron chi connectivity index (χ2n) is 7.83. The minimum Gasteiger partial charge on any atom is -0.490 e. The van der Waals surface area contributed by atoms with E-state index in [1.54, 1.807) is 19.1 Å². The van der Waals surface area contributed by atoms with E-state index < -0.39 is 24.0 Å². The lowest BCUT2D eigenvalue weighted by atomic mass is 10.1. The van der Waals surface area contributed by atoms with Crippen LogP contribution in [-0.4, -0.2) is 52.8 Å². The maximum absolute atomic E-state index is 13.5. The fourth-order valence-corrected chi connectivity index (χ4v) is 3.95. The van der Waals surface area contributed by atoms with Crippen LogP contribution in [0.15, 0.2) is 36.7 Å². The van der Waals surface area contributed by atoms with Crippen molar-refractivity contribution in [2.45, 2.75) is 32.0 Å². The number of alkyl halides is 3. The summed E-state index contributed by atoms with van der Waals surface area (Å²) in [6.45, 7) is 2.02. The number of piperidine rings is 1. The fourth-order valence-electron chi connectivity index (χ4n) is 3.77. The largest absolute Gasteiger partial charge is 0.490 e. The first-order valence-electron chi connectivity index (χ1n) is 10.8. The van der Waals surface area contributed by atoms with Crippen molar-refractivity contribution in [3.05, 3.63) is 47.5 Å². The lowest BCUT2D eigenvalue weighted by Gasteiger charge is -2.32. The van der Waals surface area contributed by atoms with Gasteiger partial charge in [0.05, 0.1) is 17.1 Å². The van der Waals surface area contributed by atoms with Crippen molar-refractivity contribution in [2.24, 2.45) is 0 Å². The van der Waals surface area contributed by atoms with Gasteiger partial charge in [-0.3, -0.25) is 4.79 Å². The van der Waals surface area contributed by atoms with Crippen LogP contribution in [-0.2, 0) is 4.79 Å². The number of aromatic nitrogens is 2. The lowest BCUT2D eigenvalue weighted by Crippen LogP contribution is -2.47. The molecule has 0 spiro atoms. The summed E-state index contributed by atoms with van der Waals surface area (Å²) in [5.41, 5.74) is 1.06. The SMILES string of the molecule is CCOc1cc2ncnc(Nc3ccc(F)c(Cl)c3)c2cc1OC1CCN(C(=O)C(F)(F)F)CC1. The Kier molecular flexibility index (Phi) is 7.15. The number of fused-ring (bicyclic) bond motifs is 1. The molecule has 2 heterocycles. The van der Waals surface area contributed by atoms with Crippen molar-refractivity contribution in [1.82, 2.24) is 14.9 Å². The van der Waals surface area contributed by atoms with E-state index in [0.29, 0.717) is 40.5 Å². The average molecular weight is 513 g/mol. The highest BCUT2D eigenvalue weighted by atomic mass is 35.5. The zero-order valence-corrected chi connectivity index (χ0v) is 19.3. The van der Waals surface area contributed by atoms with E-state index in [-0.39, 0.29) is 31.0 Å². The first-order chi connectivity index (χ1) is 16.7. The van der Waals surface area contributed by atoms with Crippen LogP contribution in [0.25, 0.3) is 10.9 Å². The highest BCUT2D eigenvalue weighted by Gasteiger charge is 2.43. The molecule has 1 N–H and O–H groups in total. The van der Waals surface area contributed by atoms with E-state index >= 15 is 0 Å². The van der Waals surface area contributed by atoms with Gasteiger partial charge in [0.25, 0.3) is 0 Å². The van der Waals surface area contributed by atoms with Crippen LogP contribution in [0.1, 0.15) is 19.8 Å². The fraction of sp³-hybridized carbons (Fsp3) is 0.348. The van der Waals surface area contributed by atoms with Crippen LogP contribution in [0.4, 0.5) is 29.1 Å². The number of nitrogens with zero attached hydrogens (tertiary/aromatic N) is 3. The Morgan fingerprint density at radius 3 is 2.57 bits per heavy atom. The molecule has 3 aromatic rings. The Morgan fingerprint density at radius 2 is 1.91 bits per heavy atom. The van der Waals surface area contributed by atoms with Crippen molar-refractivity contribution >= 4 is 39.9 Å². The van der Waals surface area contributed by atoms with Crippen molar-refractivity contribution in [3.63, 3.8) is 0 Å². The zero-order valence-electron chi connectivity index (χ0n) is 18.5. The number of amides is 1. The molecule has 1 aromatic heterocycles. The third-order valence-corrected chi connectivity index (χ3v) is 5.74. The molecule has 1 saturated heterocycles. The van der Waals surface area contributed by atoms with Crippen LogP contribution in [0, 0.1) is 5.82 Å². The molecule has 0 atom stereocenters. The van der Waals surface area contributed by atoms with Crippen LogP contribution in [0.3, 0.4) is 0 Å². The van der Waals surface area contributed by atoms with Gasteiger partial charge in [-0.05, 0) is 31.2 Å². The van der Waals surface area contributed by atoms with Gasteiger partial charge in [0.15, 0.2) is 11.5 Å². The van der Waals surface area contributed by atoms with Gasteiger partial charge in [-0.2, -0.15) is 13.2 Å². The smallest absolute Gasteiger partial charge is 0.471 e. The summed E-state index contributed by atoms with van der Waals surface area (Å²) in [5.74, 6) is -1.19. The van der Waals surface area contributed by atoms with Crippen molar-refractivity contribution in [1.29, 1.82) is 0 Å². The molecule has 0 unspecified atom stereocenters. The molecule has 2 aromatic carbocycles. The summed E-state index contributed by atoms with van der Waals surface area (Å²) in [7, 11) is 0. The van der Waals surface area contributed by atoms with E-state index in [4.69, 9.17) is 21.1 Å². The number of likely N-dealkylation sites (tertiary alicyclic amines) is 1. The maximum atomic E-state index is 13.5. The Morgan fingerprint density at radius 1 is 1.17 bits per heavy atom. The Hall–Kier alpha value is -3.34. The number of benzene rings is 2. The minimum atomic E-state index is -4.90. The predicted octanol–water partition coefficient (Wildman–Crippen LogP) is 5.50. The van der Waals surface area contributed by atoms with Gasteiger partial charge in [-0.25, -0.2) is 14.4 Å². The van der Waals surface area contributed by atoms with E-state index in [9.17, 15) is 22.4 Å².